The molecule has 0 amide bonds. The Balaban J connectivity index is 2.23. The van der Waals surface area contributed by atoms with Crippen LogP contribution >= 0.6 is 0 Å². The number of benzene rings is 1. The summed E-state index contributed by atoms with van der Waals surface area (Å²) in [6.07, 6.45) is 2.57. The minimum atomic E-state index is 1.02. The predicted octanol–water partition coefficient (Wildman–Crippen LogP) is 3.14. The molecular formula is C14H24N2. The van der Waals surface area contributed by atoms with Gasteiger partial charge in [0.1, 0.15) is 0 Å². The number of nitrogens with zero attached hydrogens (tertiary/aromatic N) is 1. The first-order valence-corrected chi connectivity index (χ1v) is 6.22. The summed E-state index contributed by atoms with van der Waals surface area (Å²) >= 11 is 0. The largest absolute Gasteiger partial charge is 0.384 e. The first kappa shape index (κ1) is 13.0. The zero-order valence-electron chi connectivity index (χ0n) is 10.8. The van der Waals surface area contributed by atoms with Gasteiger partial charge in [-0.15, -0.1) is 0 Å². The maximum atomic E-state index is 3.48. The van der Waals surface area contributed by atoms with E-state index in [1.165, 1.54) is 30.6 Å². The summed E-state index contributed by atoms with van der Waals surface area (Å²) in [4.78, 5) is 2.38. The summed E-state index contributed by atoms with van der Waals surface area (Å²) in [7, 11) is 2.19. The van der Waals surface area contributed by atoms with Crippen LogP contribution < -0.4 is 5.32 Å². The van der Waals surface area contributed by atoms with E-state index in [0.29, 0.717) is 0 Å². The summed E-state index contributed by atoms with van der Waals surface area (Å²) in [6, 6.07) is 8.44. The molecule has 0 radical (unpaired) electrons. The van der Waals surface area contributed by atoms with Crippen molar-refractivity contribution in [1.29, 1.82) is 0 Å². The van der Waals surface area contributed by atoms with Gasteiger partial charge in [-0.3, -0.25) is 0 Å². The van der Waals surface area contributed by atoms with E-state index < -0.39 is 0 Å². The normalized spacial score (nSPS) is 10.8. The summed E-state index contributed by atoms with van der Waals surface area (Å²) in [5.74, 6) is 0. The van der Waals surface area contributed by atoms with E-state index in [9.17, 15) is 0 Å². The molecule has 0 aliphatic heterocycles. The Bertz CT molecular complexity index is 297. The third-order valence-electron chi connectivity index (χ3n) is 2.85. The molecule has 0 aromatic heterocycles. The topological polar surface area (TPSA) is 15.3 Å². The second kappa shape index (κ2) is 7.29. The summed E-state index contributed by atoms with van der Waals surface area (Å²) < 4.78 is 0. The average Bonchev–Trinajstić information content (AvgIpc) is 2.29. The van der Waals surface area contributed by atoms with E-state index in [0.717, 1.165) is 13.1 Å². The molecule has 0 bridgehead atoms. The summed E-state index contributed by atoms with van der Waals surface area (Å²) in [5, 5.41) is 3.48. The molecule has 0 saturated heterocycles. The zero-order valence-corrected chi connectivity index (χ0v) is 10.8. The van der Waals surface area contributed by atoms with E-state index in [1.54, 1.807) is 0 Å². The Labute approximate surface area is 99.7 Å². The molecule has 16 heavy (non-hydrogen) atoms. The first-order valence-electron chi connectivity index (χ1n) is 6.22. The molecule has 90 valence electrons. The Morgan fingerprint density at radius 1 is 1.19 bits per heavy atom. The highest BCUT2D eigenvalue weighted by Gasteiger charge is 1.98. The van der Waals surface area contributed by atoms with Crippen molar-refractivity contribution in [2.75, 3.05) is 32.0 Å². The lowest BCUT2D eigenvalue weighted by atomic mass is 10.2. The van der Waals surface area contributed by atoms with E-state index >= 15 is 0 Å². The van der Waals surface area contributed by atoms with Gasteiger partial charge in [0.25, 0.3) is 0 Å². The lowest BCUT2D eigenvalue weighted by molar-refractivity contribution is 0.340. The van der Waals surface area contributed by atoms with E-state index in [-0.39, 0.29) is 0 Å². The van der Waals surface area contributed by atoms with E-state index in [2.05, 4.69) is 55.4 Å². The van der Waals surface area contributed by atoms with Crippen molar-refractivity contribution in [3.05, 3.63) is 29.8 Å². The number of rotatable bonds is 7. The maximum absolute atomic E-state index is 3.48. The fraction of sp³-hybridized carbons (Fsp3) is 0.571. The van der Waals surface area contributed by atoms with Crippen molar-refractivity contribution in [3.8, 4) is 0 Å². The molecule has 0 fully saturated rings. The van der Waals surface area contributed by atoms with Crippen LogP contribution in [-0.4, -0.2) is 31.6 Å². The van der Waals surface area contributed by atoms with Crippen molar-refractivity contribution in [1.82, 2.24) is 4.90 Å². The third-order valence-corrected chi connectivity index (χ3v) is 2.85. The highest BCUT2D eigenvalue weighted by Crippen LogP contribution is 2.12. The smallest absolute Gasteiger partial charge is 0.0370 e. The van der Waals surface area contributed by atoms with Crippen molar-refractivity contribution in [3.63, 3.8) is 0 Å². The number of hydrogen-bond donors (Lipinski definition) is 1. The van der Waals surface area contributed by atoms with Gasteiger partial charge in [0.2, 0.25) is 0 Å². The fourth-order valence-electron chi connectivity index (χ4n) is 1.69. The molecule has 1 aromatic rings. The molecule has 1 N–H and O–H groups in total. The number of likely N-dealkylation sites (N-methyl/N-ethyl adjacent to an activating group) is 1. The third kappa shape index (κ3) is 4.67. The first-order chi connectivity index (χ1) is 7.74. The second-order valence-electron chi connectivity index (χ2n) is 4.40. The van der Waals surface area contributed by atoms with Crippen LogP contribution in [0, 0.1) is 6.92 Å². The minimum Gasteiger partial charge on any atom is -0.384 e. The van der Waals surface area contributed by atoms with Gasteiger partial charge in [-0.05, 0) is 38.6 Å². The Hall–Kier alpha value is -1.02. The Morgan fingerprint density at radius 2 is 1.94 bits per heavy atom. The lowest BCUT2D eigenvalue weighted by Gasteiger charge is -2.17. The van der Waals surface area contributed by atoms with Crippen molar-refractivity contribution < 1.29 is 0 Å². The van der Waals surface area contributed by atoms with Crippen molar-refractivity contribution in [2.24, 2.45) is 0 Å². The van der Waals surface area contributed by atoms with Crippen LogP contribution in [0.2, 0.25) is 0 Å². The molecule has 1 rings (SSSR count). The molecule has 0 aliphatic rings. The second-order valence-corrected chi connectivity index (χ2v) is 4.40. The SMILES string of the molecule is CCCCN(C)CCNc1ccccc1C. The molecule has 0 heterocycles. The number of nitrogens with one attached hydrogen (secondary N) is 1. The molecule has 2 nitrogen and oxygen atoms in total. The van der Waals surface area contributed by atoms with Gasteiger partial charge in [-0.25, -0.2) is 0 Å². The average molecular weight is 220 g/mol. The van der Waals surface area contributed by atoms with Crippen LogP contribution in [0.4, 0.5) is 5.69 Å². The van der Waals surface area contributed by atoms with Crippen LogP contribution in [0.15, 0.2) is 24.3 Å². The molecule has 2 heteroatoms. The summed E-state index contributed by atoms with van der Waals surface area (Å²) in [6.45, 7) is 7.70. The van der Waals surface area contributed by atoms with Gasteiger partial charge < -0.3 is 10.2 Å². The van der Waals surface area contributed by atoms with Gasteiger partial charge >= 0.3 is 0 Å². The van der Waals surface area contributed by atoms with Crippen molar-refractivity contribution >= 4 is 5.69 Å². The predicted molar refractivity (Wildman–Crippen MR) is 72.1 cm³/mol. The molecule has 0 saturated carbocycles. The van der Waals surface area contributed by atoms with Crippen LogP contribution in [0.5, 0.6) is 0 Å². The highest BCUT2D eigenvalue weighted by molar-refractivity contribution is 5.50. The van der Waals surface area contributed by atoms with E-state index in [1.807, 2.05) is 0 Å². The van der Waals surface area contributed by atoms with Crippen LogP contribution in [0.25, 0.3) is 0 Å². The highest BCUT2D eigenvalue weighted by atomic mass is 15.1. The van der Waals surface area contributed by atoms with Gasteiger partial charge in [-0.2, -0.15) is 0 Å². The maximum Gasteiger partial charge on any atom is 0.0370 e. The number of unbranched alkanes of at least 4 members (excludes halogenated alkanes) is 1. The van der Waals surface area contributed by atoms with Gasteiger partial charge in [0, 0.05) is 18.8 Å². The quantitative estimate of drug-likeness (QED) is 0.759. The lowest BCUT2D eigenvalue weighted by Crippen LogP contribution is -2.26. The Kier molecular flexibility index (Phi) is 5.94. The summed E-state index contributed by atoms with van der Waals surface area (Å²) in [5.41, 5.74) is 2.57. The molecule has 0 aliphatic carbocycles. The van der Waals surface area contributed by atoms with Gasteiger partial charge in [0.15, 0.2) is 0 Å². The van der Waals surface area contributed by atoms with E-state index in [4.69, 9.17) is 0 Å². The van der Waals surface area contributed by atoms with Crippen LogP contribution in [0.1, 0.15) is 25.3 Å². The number of para-hydroxylation sites is 1. The monoisotopic (exact) mass is 220 g/mol. The van der Waals surface area contributed by atoms with Gasteiger partial charge in [-0.1, -0.05) is 31.5 Å². The molecule has 1 aromatic carbocycles. The Morgan fingerprint density at radius 3 is 2.62 bits per heavy atom. The van der Waals surface area contributed by atoms with Gasteiger partial charge in [0.05, 0.1) is 0 Å². The van der Waals surface area contributed by atoms with Crippen LogP contribution in [-0.2, 0) is 0 Å². The van der Waals surface area contributed by atoms with Crippen LogP contribution in [0.3, 0.4) is 0 Å². The molecule has 0 spiro atoms. The standard InChI is InChI=1S/C14H24N2/c1-4-5-11-16(3)12-10-15-14-9-7-6-8-13(14)2/h6-9,15H,4-5,10-12H2,1-3H3. The molecule has 0 unspecified atom stereocenters. The molecular weight excluding hydrogens is 196 g/mol. The zero-order chi connectivity index (χ0) is 11.8. The molecule has 0 atom stereocenters. The number of aryl methyl sites for hydroxylation is 1. The minimum absolute atomic E-state index is 1.02. The number of anilines is 1. The number of hydrogen-bond acceptors (Lipinski definition) is 2. The fourth-order valence-corrected chi connectivity index (χ4v) is 1.69. The van der Waals surface area contributed by atoms with Crippen molar-refractivity contribution in [2.45, 2.75) is 26.7 Å².